The molecule has 6 nitrogen and oxygen atoms in total. The molecule has 24 heavy (non-hydrogen) atoms. The van der Waals surface area contributed by atoms with Crippen LogP contribution in [0, 0.1) is 11.8 Å². The lowest BCUT2D eigenvalue weighted by atomic mass is 9.97. The van der Waals surface area contributed by atoms with Gasteiger partial charge in [-0.25, -0.2) is 0 Å². The average molecular weight is 329 g/mol. The molecule has 0 aliphatic rings. The lowest BCUT2D eigenvalue weighted by molar-refractivity contribution is -0.142. The van der Waals surface area contributed by atoms with Crippen LogP contribution in [0.15, 0.2) is 42.7 Å². The summed E-state index contributed by atoms with van der Waals surface area (Å²) in [6, 6.07) is 9.83. The third-order valence-corrected chi connectivity index (χ3v) is 3.70. The summed E-state index contributed by atoms with van der Waals surface area (Å²) in [6.07, 6.45) is 3.69. The number of aromatic nitrogens is 2. The fraction of sp³-hybridized carbons (Fsp3) is 0.389. The molecule has 2 aromatic rings. The van der Waals surface area contributed by atoms with Crippen molar-refractivity contribution < 1.29 is 14.7 Å². The van der Waals surface area contributed by atoms with Crippen LogP contribution in [-0.4, -0.2) is 33.3 Å². The molecule has 0 saturated carbocycles. The molecule has 1 unspecified atom stereocenters. The van der Waals surface area contributed by atoms with E-state index >= 15 is 0 Å². The van der Waals surface area contributed by atoms with Crippen LogP contribution in [0.3, 0.4) is 0 Å². The third-order valence-electron chi connectivity index (χ3n) is 3.70. The maximum absolute atomic E-state index is 12.2. The second-order valence-electron chi connectivity index (χ2n) is 6.29. The number of aliphatic carboxylic acids is 1. The zero-order valence-corrected chi connectivity index (χ0v) is 14.0. The fourth-order valence-corrected chi connectivity index (χ4v) is 2.50. The second kappa shape index (κ2) is 8.29. The van der Waals surface area contributed by atoms with Crippen LogP contribution in [0.2, 0.25) is 0 Å². The minimum absolute atomic E-state index is 0.121. The van der Waals surface area contributed by atoms with Gasteiger partial charge in [0, 0.05) is 12.7 Å². The molecule has 1 atom stereocenters. The molecule has 1 aromatic carbocycles. The van der Waals surface area contributed by atoms with E-state index in [1.165, 1.54) is 6.20 Å². The van der Waals surface area contributed by atoms with Crippen molar-refractivity contribution in [2.45, 2.75) is 26.8 Å². The number of nitrogens with one attached hydrogen (secondary N) is 1. The van der Waals surface area contributed by atoms with Gasteiger partial charge < -0.3 is 10.4 Å². The number of carboxylic acid groups (broad SMARTS) is 1. The highest BCUT2D eigenvalue weighted by Gasteiger charge is 2.20. The summed E-state index contributed by atoms with van der Waals surface area (Å²) in [5.74, 6) is -1.50. The van der Waals surface area contributed by atoms with Gasteiger partial charge in [0.2, 0.25) is 0 Å². The van der Waals surface area contributed by atoms with Crippen LogP contribution < -0.4 is 5.32 Å². The minimum Gasteiger partial charge on any atom is -0.481 e. The van der Waals surface area contributed by atoms with Gasteiger partial charge in [-0.2, -0.15) is 5.10 Å². The van der Waals surface area contributed by atoms with E-state index in [2.05, 4.69) is 10.4 Å². The number of rotatable bonds is 8. The summed E-state index contributed by atoms with van der Waals surface area (Å²) in [5, 5.41) is 16.1. The van der Waals surface area contributed by atoms with Gasteiger partial charge in [0.15, 0.2) is 0 Å². The molecule has 2 rings (SSSR count). The summed E-state index contributed by atoms with van der Waals surface area (Å²) >= 11 is 0. The average Bonchev–Trinajstić information content (AvgIpc) is 3.00. The van der Waals surface area contributed by atoms with Crippen molar-refractivity contribution >= 4 is 11.9 Å². The number of hydrogen-bond donors (Lipinski definition) is 2. The number of nitrogens with zero attached hydrogens (tertiary/aromatic N) is 2. The molecule has 0 spiro atoms. The lowest BCUT2D eigenvalue weighted by Gasteiger charge is -2.15. The zero-order valence-electron chi connectivity index (χ0n) is 14.0. The van der Waals surface area contributed by atoms with E-state index in [1.54, 1.807) is 10.9 Å². The van der Waals surface area contributed by atoms with Gasteiger partial charge in [0.25, 0.3) is 5.91 Å². The first-order chi connectivity index (χ1) is 11.5. The first-order valence-corrected chi connectivity index (χ1v) is 8.03. The Bertz CT molecular complexity index is 680. The fourth-order valence-electron chi connectivity index (χ4n) is 2.50. The van der Waals surface area contributed by atoms with Crippen LogP contribution in [0.5, 0.6) is 0 Å². The molecule has 1 amide bonds. The van der Waals surface area contributed by atoms with Crippen molar-refractivity contribution in [2.24, 2.45) is 11.8 Å². The summed E-state index contributed by atoms with van der Waals surface area (Å²) < 4.78 is 1.69. The highest BCUT2D eigenvalue weighted by molar-refractivity contribution is 5.93. The van der Waals surface area contributed by atoms with Gasteiger partial charge in [-0.15, -0.1) is 0 Å². The summed E-state index contributed by atoms with van der Waals surface area (Å²) in [5.41, 5.74) is 1.52. The molecule has 1 aromatic heterocycles. The molecule has 128 valence electrons. The number of carboxylic acids is 1. The molecule has 0 fully saturated rings. The Morgan fingerprint density at radius 2 is 1.96 bits per heavy atom. The highest BCUT2D eigenvalue weighted by Crippen LogP contribution is 2.11. The maximum atomic E-state index is 12.2. The molecule has 1 heterocycles. The molecule has 0 bridgehead atoms. The van der Waals surface area contributed by atoms with Gasteiger partial charge in [-0.1, -0.05) is 44.2 Å². The van der Waals surface area contributed by atoms with E-state index in [-0.39, 0.29) is 18.4 Å². The molecule has 6 heteroatoms. The lowest BCUT2D eigenvalue weighted by Crippen LogP contribution is -2.33. The van der Waals surface area contributed by atoms with E-state index in [0.29, 0.717) is 18.5 Å². The Balaban J connectivity index is 1.92. The number of carbonyl (C=O) groups is 2. The monoisotopic (exact) mass is 329 g/mol. The Morgan fingerprint density at radius 1 is 1.25 bits per heavy atom. The van der Waals surface area contributed by atoms with E-state index in [4.69, 9.17) is 0 Å². The largest absolute Gasteiger partial charge is 0.481 e. The summed E-state index contributed by atoms with van der Waals surface area (Å²) in [6.45, 7) is 4.63. The van der Waals surface area contributed by atoms with Crippen LogP contribution in [-0.2, 0) is 11.3 Å². The molecule has 0 aliphatic heterocycles. The van der Waals surface area contributed by atoms with Crippen LogP contribution in [0.4, 0.5) is 0 Å². The standard InChI is InChI=1S/C18H23N3O3/c1-13(2)8-15(18(23)24)9-19-17(22)16-10-20-21(12-16)11-14-6-4-3-5-7-14/h3-7,10,12-13,15H,8-9,11H2,1-2H3,(H,19,22)(H,23,24). The van der Waals surface area contributed by atoms with Crippen molar-refractivity contribution in [2.75, 3.05) is 6.54 Å². The quantitative estimate of drug-likeness (QED) is 0.779. The van der Waals surface area contributed by atoms with Crippen molar-refractivity contribution in [1.82, 2.24) is 15.1 Å². The molecule has 0 aliphatic carbocycles. The van der Waals surface area contributed by atoms with E-state index < -0.39 is 11.9 Å². The Kier molecular flexibility index (Phi) is 6.12. The smallest absolute Gasteiger partial charge is 0.308 e. The molecular formula is C18H23N3O3. The molecular weight excluding hydrogens is 306 g/mol. The first kappa shape index (κ1) is 17.7. The topological polar surface area (TPSA) is 84.2 Å². The number of carbonyl (C=O) groups excluding carboxylic acids is 1. The van der Waals surface area contributed by atoms with E-state index in [9.17, 15) is 14.7 Å². The number of hydrogen-bond acceptors (Lipinski definition) is 3. The van der Waals surface area contributed by atoms with Crippen LogP contribution in [0.1, 0.15) is 36.2 Å². The van der Waals surface area contributed by atoms with Crippen LogP contribution >= 0.6 is 0 Å². The number of amides is 1. The van der Waals surface area contributed by atoms with Crippen molar-refractivity contribution in [3.05, 3.63) is 53.9 Å². The molecule has 0 saturated heterocycles. The third kappa shape index (κ3) is 5.22. The summed E-state index contributed by atoms with van der Waals surface area (Å²) in [7, 11) is 0. The Morgan fingerprint density at radius 3 is 2.58 bits per heavy atom. The first-order valence-electron chi connectivity index (χ1n) is 8.03. The van der Waals surface area contributed by atoms with Crippen molar-refractivity contribution in [3.63, 3.8) is 0 Å². The molecule has 0 radical (unpaired) electrons. The number of benzene rings is 1. The van der Waals surface area contributed by atoms with Crippen molar-refractivity contribution in [3.8, 4) is 0 Å². The molecule has 2 N–H and O–H groups in total. The van der Waals surface area contributed by atoms with Gasteiger partial charge >= 0.3 is 5.97 Å². The van der Waals surface area contributed by atoms with Gasteiger partial charge in [0.1, 0.15) is 0 Å². The Labute approximate surface area is 141 Å². The highest BCUT2D eigenvalue weighted by atomic mass is 16.4. The van der Waals surface area contributed by atoms with E-state index in [0.717, 1.165) is 5.56 Å². The Hall–Kier alpha value is -2.63. The van der Waals surface area contributed by atoms with Crippen LogP contribution in [0.25, 0.3) is 0 Å². The van der Waals surface area contributed by atoms with Crippen molar-refractivity contribution in [1.29, 1.82) is 0 Å². The van der Waals surface area contributed by atoms with Gasteiger partial charge in [-0.3, -0.25) is 14.3 Å². The SMILES string of the molecule is CC(C)CC(CNC(=O)c1cnn(Cc2ccccc2)c1)C(=O)O. The summed E-state index contributed by atoms with van der Waals surface area (Å²) in [4.78, 5) is 23.4. The normalized spacial score (nSPS) is 12.1. The predicted molar refractivity (Wildman–Crippen MR) is 90.7 cm³/mol. The van der Waals surface area contributed by atoms with Gasteiger partial charge in [-0.05, 0) is 17.9 Å². The second-order valence-corrected chi connectivity index (χ2v) is 6.29. The van der Waals surface area contributed by atoms with E-state index in [1.807, 2.05) is 44.2 Å². The van der Waals surface area contributed by atoms with Gasteiger partial charge in [0.05, 0.1) is 24.2 Å². The minimum atomic E-state index is -0.885. The predicted octanol–water partition coefficient (Wildman–Crippen LogP) is 2.41. The zero-order chi connectivity index (χ0) is 17.5. The maximum Gasteiger partial charge on any atom is 0.308 e.